The Hall–Kier alpha value is -3.85. The number of rotatable bonds is 8. The van der Waals surface area contributed by atoms with Crippen molar-refractivity contribution in [1.29, 1.82) is 0 Å². The molecule has 0 fully saturated rings. The zero-order chi connectivity index (χ0) is 24.9. The number of aryl methyl sites for hydroxylation is 1. The van der Waals surface area contributed by atoms with Crippen LogP contribution in [0.25, 0.3) is 16.7 Å². The van der Waals surface area contributed by atoms with Gasteiger partial charge in [-0.1, -0.05) is 36.0 Å². The normalized spacial score (nSPS) is 10.9. The fraction of sp³-hybridized carbons (Fsp3) is 0.231. The number of carbonyl (C=O) groups excluding carboxylic acids is 1. The standard InChI is InChI=1S/C26H26N4O4S/c1-17-8-7-13-27-24(17)30-25(32)19-9-5-6-10-20(19)28-26(30)35-16-23(31)29(2)15-18-11-12-21(33-3)22(14-18)34-4/h5-14H,15-16H2,1-4H3. The minimum absolute atomic E-state index is 0.100. The molecule has 8 nitrogen and oxygen atoms in total. The molecule has 2 aromatic heterocycles. The molecule has 0 aliphatic rings. The number of hydrogen-bond donors (Lipinski definition) is 0. The van der Waals surface area contributed by atoms with Gasteiger partial charge in [0.2, 0.25) is 5.91 Å². The van der Waals surface area contributed by atoms with Gasteiger partial charge in [-0.15, -0.1) is 0 Å². The van der Waals surface area contributed by atoms with Crippen LogP contribution in [0, 0.1) is 6.92 Å². The van der Waals surface area contributed by atoms with E-state index in [4.69, 9.17) is 14.5 Å². The number of fused-ring (bicyclic) bond motifs is 1. The fourth-order valence-electron chi connectivity index (χ4n) is 3.68. The van der Waals surface area contributed by atoms with Crippen LogP contribution in [-0.4, -0.2) is 52.4 Å². The molecule has 4 rings (SSSR count). The summed E-state index contributed by atoms with van der Waals surface area (Å²) >= 11 is 1.22. The summed E-state index contributed by atoms with van der Waals surface area (Å²) in [4.78, 5) is 37.1. The predicted molar refractivity (Wildman–Crippen MR) is 137 cm³/mol. The first-order chi connectivity index (χ1) is 16.9. The van der Waals surface area contributed by atoms with Gasteiger partial charge in [-0.3, -0.25) is 9.59 Å². The van der Waals surface area contributed by atoms with Gasteiger partial charge in [-0.05, 0) is 48.4 Å². The molecule has 0 aliphatic heterocycles. The molecule has 0 N–H and O–H groups in total. The molecule has 0 spiro atoms. The molecule has 2 heterocycles. The van der Waals surface area contributed by atoms with Gasteiger partial charge in [0.05, 0.1) is 30.9 Å². The highest BCUT2D eigenvalue weighted by atomic mass is 32.2. The van der Waals surface area contributed by atoms with Crippen LogP contribution in [0.1, 0.15) is 11.1 Å². The molecule has 0 saturated carbocycles. The second-order valence-corrected chi connectivity index (χ2v) is 8.87. The van der Waals surface area contributed by atoms with E-state index in [9.17, 15) is 9.59 Å². The molecule has 4 aromatic rings. The third-order valence-corrected chi connectivity index (χ3v) is 6.48. The highest BCUT2D eigenvalue weighted by Gasteiger charge is 2.18. The van der Waals surface area contributed by atoms with Crippen LogP contribution in [0.5, 0.6) is 11.5 Å². The number of ether oxygens (including phenoxy) is 2. The minimum atomic E-state index is -0.217. The third kappa shape index (κ3) is 5.14. The summed E-state index contributed by atoms with van der Waals surface area (Å²) in [7, 11) is 4.90. The van der Waals surface area contributed by atoms with Gasteiger partial charge in [-0.2, -0.15) is 0 Å². The highest BCUT2D eigenvalue weighted by molar-refractivity contribution is 7.99. The summed E-state index contributed by atoms with van der Waals surface area (Å²) in [6.07, 6.45) is 1.64. The first-order valence-corrected chi connectivity index (χ1v) is 11.9. The molecule has 0 radical (unpaired) electrons. The first kappa shape index (κ1) is 24.3. The van der Waals surface area contributed by atoms with Gasteiger partial charge in [0.1, 0.15) is 5.82 Å². The minimum Gasteiger partial charge on any atom is -0.493 e. The summed E-state index contributed by atoms with van der Waals surface area (Å²) in [5.41, 5.74) is 2.11. The Balaban J connectivity index is 1.59. The van der Waals surface area contributed by atoms with Crippen molar-refractivity contribution in [3.05, 3.63) is 82.3 Å². The Morgan fingerprint density at radius 1 is 1.06 bits per heavy atom. The molecule has 0 bridgehead atoms. The molecular formula is C26H26N4O4S. The van der Waals surface area contributed by atoms with E-state index < -0.39 is 0 Å². The van der Waals surface area contributed by atoms with Crippen molar-refractivity contribution < 1.29 is 14.3 Å². The number of aromatic nitrogens is 3. The summed E-state index contributed by atoms with van der Waals surface area (Å²) in [6, 6.07) is 16.4. The largest absolute Gasteiger partial charge is 0.493 e. The maximum Gasteiger partial charge on any atom is 0.267 e. The number of benzene rings is 2. The number of hydrogen-bond acceptors (Lipinski definition) is 7. The quantitative estimate of drug-likeness (QED) is 0.274. The number of amides is 1. The summed E-state index contributed by atoms with van der Waals surface area (Å²) in [5, 5.41) is 0.919. The van der Waals surface area contributed by atoms with E-state index >= 15 is 0 Å². The van der Waals surface area contributed by atoms with Gasteiger partial charge < -0.3 is 14.4 Å². The van der Waals surface area contributed by atoms with E-state index in [2.05, 4.69) is 4.98 Å². The molecule has 0 saturated heterocycles. The van der Waals surface area contributed by atoms with E-state index in [1.807, 2.05) is 43.3 Å². The number of para-hydroxylation sites is 1. The second-order valence-electron chi connectivity index (χ2n) is 7.92. The summed E-state index contributed by atoms with van der Waals surface area (Å²) in [6.45, 7) is 2.29. The zero-order valence-corrected chi connectivity index (χ0v) is 20.8. The SMILES string of the molecule is COc1ccc(CN(C)C(=O)CSc2nc3ccccc3c(=O)n2-c2ncccc2C)cc1OC. The third-order valence-electron chi connectivity index (χ3n) is 5.56. The first-order valence-electron chi connectivity index (χ1n) is 10.9. The topological polar surface area (TPSA) is 86.6 Å². The lowest BCUT2D eigenvalue weighted by molar-refractivity contribution is -0.127. The van der Waals surface area contributed by atoms with Crippen molar-refractivity contribution in [3.63, 3.8) is 0 Å². The Labute approximate surface area is 207 Å². The van der Waals surface area contributed by atoms with Crippen LogP contribution >= 0.6 is 11.8 Å². The molecule has 9 heteroatoms. The second kappa shape index (κ2) is 10.6. The summed E-state index contributed by atoms with van der Waals surface area (Å²) in [5.74, 6) is 1.75. The molecule has 0 aliphatic carbocycles. The van der Waals surface area contributed by atoms with Gasteiger partial charge >= 0.3 is 0 Å². The maximum atomic E-state index is 13.4. The Bertz CT molecular complexity index is 1440. The Morgan fingerprint density at radius 3 is 2.57 bits per heavy atom. The van der Waals surface area contributed by atoms with Crippen molar-refractivity contribution in [2.45, 2.75) is 18.6 Å². The predicted octanol–water partition coefficient (Wildman–Crippen LogP) is 3.86. The van der Waals surface area contributed by atoms with E-state index in [0.29, 0.717) is 39.9 Å². The van der Waals surface area contributed by atoms with Crippen LogP contribution in [0.3, 0.4) is 0 Å². The molecule has 0 atom stereocenters. The van der Waals surface area contributed by atoms with Gasteiger partial charge in [-0.25, -0.2) is 14.5 Å². The Morgan fingerprint density at radius 2 is 1.83 bits per heavy atom. The van der Waals surface area contributed by atoms with Crippen molar-refractivity contribution in [1.82, 2.24) is 19.4 Å². The van der Waals surface area contributed by atoms with Crippen molar-refractivity contribution >= 4 is 28.6 Å². The van der Waals surface area contributed by atoms with Crippen LogP contribution in [0.4, 0.5) is 0 Å². The number of pyridine rings is 1. The monoisotopic (exact) mass is 490 g/mol. The zero-order valence-electron chi connectivity index (χ0n) is 20.0. The molecule has 0 unspecified atom stereocenters. The smallest absolute Gasteiger partial charge is 0.267 e. The lowest BCUT2D eigenvalue weighted by Crippen LogP contribution is -2.29. The van der Waals surface area contributed by atoms with Crippen molar-refractivity contribution in [3.8, 4) is 17.3 Å². The molecular weight excluding hydrogens is 464 g/mol. The number of methoxy groups -OCH3 is 2. The average Bonchev–Trinajstić information content (AvgIpc) is 2.88. The van der Waals surface area contributed by atoms with Gasteiger partial charge in [0, 0.05) is 19.8 Å². The number of thioether (sulfide) groups is 1. The van der Waals surface area contributed by atoms with Crippen LogP contribution in [-0.2, 0) is 11.3 Å². The molecule has 180 valence electrons. The van der Waals surface area contributed by atoms with Gasteiger partial charge in [0.15, 0.2) is 16.7 Å². The summed E-state index contributed by atoms with van der Waals surface area (Å²) < 4.78 is 12.1. The molecule has 1 amide bonds. The van der Waals surface area contributed by atoms with Gasteiger partial charge in [0.25, 0.3) is 5.56 Å². The lowest BCUT2D eigenvalue weighted by Gasteiger charge is -2.19. The van der Waals surface area contributed by atoms with E-state index in [1.54, 1.807) is 50.6 Å². The van der Waals surface area contributed by atoms with Crippen LogP contribution < -0.4 is 15.0 Å². The van der Waals surface area contributed by atoms with Crippen LogP contribution in [0.2, 0.25) is 0 Å². The Kier molecular flexibility index (Phi) is 7.36. The van der Waals surface area contributed by atoms with E-state index in [0.717, 1.165) is 11.1 Å². The highest BCUT2D eigenvalue weighted by Crippen LogP contribution is 2.28. The van der Waals surface area contributed by atoms with E-state index in [1.165, 1.54) is 16.3 Å². The molecule has 2 aromatic carbocycles. The number of carbonyl (C=O) groups is 1. The van der Waals surface area contributed by atoms with E-state index in [-0.39, 0.29) is 17.2 Å². The fourth-order valence-corrected chi connectivity index (χ4v) is 4.62. The van der Waals surface area contributed by atoms with Crippen molar-refractivity contribution in [2.75, 3.05) is 27.0 Å². The lowest BCUT2D eigenvalue weighted by atomic mass is 10.2. The van der Waals surface area contributed by atoms with Crippen LogP contribution in [0.15, 0.2) is 70.7 Å². The average molecular weight is 491 g/mol. The maximum absolute atomic E-state index is 13.4. The number of nitrogens with zero attached hydrogens (tertiary/aromatic N) is 4. The van der Waals surface area contributed by atoms with Crippen molar-refractivity contribution in [2.24, 2.45) is 0 Å². The molecule has 35 heavy (non-hydrogen) atoms.